The summed E-state index contributed by atoms with van der Waals surface area (Å²) >= 11 is 5.69. The summed E-state index contributed by atoms with van der Waals surface area (Å²) in [5.74, 6) is -0.703. The Kier molecular flexibility index (Phi) is 3.77. The number of nitro groups is 1. The maximum absolute atomic E-state index is 13.0. The van der Waals surface area contributed by atoms with Gasteiger partial charge in [-0.1, -0.05) is 11.6 Å². The first-order valence-corrected chi connectivity index (χ1v) is 5.66. The molecule has 0 fully saturated rings. The van der Waals surface area contributed by atoms with Crippen molar-refractivity contribution in [3.8, 4) is 6.07 Å². The summed E-state index contributed by atoms with van der Waals surface area (Å²) in [6.07, 6.45) is 0. The van der Waals surface area contributed by atoms with Gasteiger partial charge in [0.25, 0.3) is 0 Å². The lowest BCUT2D eigenvalue weighted by Gasteiger charge is -2.08. The fraction of sp³-hybridized carbons (Fsp3) is 0. The van der Waals surface area contributed by atoms with Crippen LogP contribution in [0, 0.1) is 27.3 Å². The van der Waals surface area contributed by atoms with E-state index in [1.165, 1.54) is 18.2 Å². The minimum atomic E-state index is -0.638. The molecule has 0 atom stereocenters. The summed E-state index contributed by atoms with van der Waals surface area (Å²) in [4.78, 5) is 14.0. The highest BCUT2D eigenvalue weighted by Gasteiger charge is 2.17. The third-order valence-electron chi connectivity index (χ3n) is 2.39. The maximum Gasteiger partial charge on any atom is 0.311 e. The SMILES string of the molecule is N#Cc1cc(F)ccc1Nc1nc(Cl)ccc1[N+](=O)[O-]. The summed E-state index contributed by atoms with van der Waals surface area (Å²) < 4.78 is 13.0. The molecule has 20 heavy (non-hydrogen) atoms. The number of anilines is 2. The van der Waals surface area contributed by atoms with Crippen molar-refractivity contribution in [1.29, 1.82) is 5.26 Å². The van der Waals surface area contributed by atoms with Crippen LogP contribution in [-0.4, -0.2) is 9.91 Å². The van der Waals surface area contributed by atoms with Crippen LogP contribution in [0.4, 0.5) is 21.6 Å². The Morgan fingerprint density at radius 3 is 2.80 bits per heavy atom. The predicted molar refractivity (Wildman–Crippen MR) is 70.3 cm³/mol. The standard InChI is InChI=1S/C12H6ClFN4O2/c13-11-4-3-10(18(19)20)12(17-11)16-9-2-1-8(14)5-7(9)6-15/h1-5H,(H,16,17). The second-order valence-electron chi connectivity index (χ2n) is 3.69. The predicted octanol–water partition coefficient (Wildman–Crippen LogP) is 3.40. The van der Waals surface area contributed by atoms with Gasteiger partial charge in [0.2, 0.25) is 5.82 Å². The number of nitrogens with one attached hydrogen (secondary N) is 1. The molecule has 1 heterocycles. The van der Waals surface area contributed by atoms with Crippen molar-refractivity contribution in [1.82, 2.24) is 4.98 Å². The van der Waals surface area contributed by atoms with Crippen LogP contribution in [-0.2, 0) is 0 Å². The molecule has 0 saturated heterocycles. The Labute approximate surface area is 117 Å². The first kappa shape index (κ1) is 13.7. The zero-order valence-corrected chi connectivity index (χ0v) is 10.6. The molecular weight excluding hydrogens is 287 g/mol. The van der Waals surface area contributed by atoms with Crippen molar-refractivity contribution in [3.05, 3.63) is 57.0 Å². The van der Waals surface area contributed by atoms with Gasteiger partial charge in [-0.3, -0.25) is 10.1 Å². The molecule has 0 aliphatic rings. The number of pyridine rings is 1. The van der Waals surface area contributed by atoms with Crippen LogP contribution in [0.25, 0.3) is 0 Å². The van der Waals surface area contributed by atoms with Gasteiger partial charge in [-0.25, -0.2) is 9.37 Å². The largest absolute Gasteiger partial charge is 0.333 e. The van der Waals surface area contributed by atoms with E-state index in [-0.39, 0.29) is 27.9 Å². The summed E-state index contributed by atoms with van der Waals surface area (Å²) in [7, 11) is 0. The number of benzene rings is 1. The van der Waals surface area contributed by atoms with E-state index >= 15 is 0 Å². The molecule has 1 N–H and O–H groups in total. The molecule has 1 aromatic heterocycles. The van der Waals surface area contributed by atoms with Crippen LogP contribution in [0.3, 0.4) is 0 Å². The van der Waals surface area contributed by atoms with Gasteiger partial charge in [-0.2, -0.15) is 5.26 Å². The summed E-state index contributed by atoms with van der Waals surface area (Å²) in [6.45, 7) is 0. The molecule has 6 nitrogen and oxygen atoms in total. The van der Waals surface area contributed by atoms with E-state index in [1.54, 1.807) is 6.07 Å². The van der Waals surface area contributed by atoms with Crippen molar-refractivity contribution in [2.45, 2.75) is 0 Å². The Morgan fingerprint density at radius 1 is 1.40 bits per heavy atom. The number of halogens is 2. The van der Waals surface area contributed by atoms with Crippen LogP contribution in [0.1, 0.15) is 5.56 Å². The minimum Gasteiger partial charge on any atom is -0.333 e. The molecule has 0 bridgehead atoms. The van der Waals surface area contributed by atoms with Gasteiger partial charge < -0.3 is 5.32 Å². The molecule has 0 unspecified atom stereocenters. The zero-order chi connectivity index (χ0) is 14.7. The van der Waals surface area contributed by atoms with Crippen molar-refractivity contribution >= 4 is 28.8 Å². The average Bonchev–Trinajstić information content (AvgIpc) is 2.40. The zero-order valence-electron chi connectivity index (χ0n) is 9.80. The van der Waals surface area contributed by atoms with Crippen molar-refractivity contribution in [2.24, 2.45) is 0 Å². The first-order chi connectivity index (χ1) is 9.51. The number of rotatable bonds is 3. The highest BCUT2D eigenvalue weighted by Crippen LogP contribution is 2.28. The van der Waals surface area contributed by atoms with Crippen molar-refractivity contribution in [2.75, 3.05) is 5.32 Å². The number of nitrogens with zero attached hydrogens (tertiary/aromatic N) is 3. The molecule has 8 heteroatoms. The molecule has 2 aromatic rings. The normalized spacial score (nSPS) is 9.85. The fourth-order valence-corrected chi connectivity index (χ4v) is 1.66. The lowest BCUT2D eigenvalue weighted by molar-refractivity contribution is -0.384. The van der Waals surface area contributed by atoms with Crippen LogP contribution in [0.15, 0.2) is 30.3 Å². The van der Waals surface area contributed by atoms with E-state index in [9.17, 15) is 14.5 Å². The summed E-state index contributed by atoms with van der Waals surface area (Å²) in [5, 5.41) is 22.5. The Morgan fingerprint density at radius 2 is 2.15 bits per heavy atom. The van der Waals surface area contributed by atoms with Crippen molar-refractivity contribution in [3.63, 3.8) is 0 Å². The summed E-state index contributed by atoms with van der Waals surface area (Å²) in [5.41, 5.74) is -0.101. The second kappa shape index (κ2) is 5.50. The quantitative estimate of drug-likeness (QED) is 0.532. The molecule has 0 saturated carbocycles. The van der Waals surface area contributed by atoms with Crippen LogP contribution in [0.2, 0.25) is 5.15 Å². The number of hydrogen-bond acceptors (Lipinski definition) is 5. The van der Waals surface area contributed by atoms with E-state index in [1.807, 2.05) is 0 Å². The molecule has 100 valence electrons. The van der Waals surface area contributed by atoms with E-state index in [0.29, 0.717) is 0 Å². The summed E-state index contributed by atoms with van der Waals surface area (Å²) in [6, 6.07) is 7.68. The fourth-order valence-electron chi connectivity index (χ4n) is 1.51. The highest BCUT2D eigenvalue weighted by atomic mass is 35.5. The average molecular weight is 293 g/mol. The lowest BCUT2D eigenvalue weighted by atomic mass is 10.2. The van der Waals surface area contributed by atoms with Gasteiger partial charge in [0.15, 0.2) is 0 Å². The van der Waals surface area contributed by atoms with Crippen LogP contribution >= 0.6 is 11.6 Å². The molecule has 2 rings (SSSR count). The van der Waals surface area contributed by atoms with Gasteiger partial charge in [-0.05, 0) is 24.3 Å². The maximum atomic E-state index is 13.0. The third kappa shape index (κ3) is 2.81. The highest BCUT2D eigenvalue weighted by molar-refractivity contribution is 6.29. The van der Waals surface area contributed by atoms with E-state index in [0.717, 1.165) is 12.1 Å². The van der Waals surface area contributed by atoms with Gasteiger partial charge in [0, 0.05) is 6.07 Å². The molecule has 1 aromatic carbocycles. The molecule has 0 spiro atoms. The minimum absolute atomic E-state index is 0.000994. The van der Waals surface area contributed by atoms with E-state index in [2.05, 4.69) is 10.3 Å². The number of hydrogen-bond donors (Lipinski definition) is 1. The first-order valence-electron chi connectivity index (χ1n) is 5.29. The number of nitriles is 1. The molecule has 0 amide bonds. The number of aromatic nitrogens is 1. The lowest BCUT2D eigenvalue weighted by Crippen LogP contribution is -2.01. The molecule has 0 radical (unpaired) electrons. The topological polar surface area (TPSA) is 91.8 Å². The van der Waals surface area contributed by atoms with E-state index in [4.69, 9.17) is 16.9 Å². The van der Waals surface area contributed by atoms with Crippen LogP contribution < -0.4 is 5.32 Å². The van der Waals surface area contributed by atoms with E-state index < -0.39 is 10.7 Å². The molecule has 0 aliphatic heterocycles. The van der Waals surface area contributed by atoms with Gasteiger partial charge in [0.1, 0.15) is 17.0 Å². The smallest absolute Gasteiger partial charge is 0.311 e. The Balaban J connectivity index is 2.47. The van der Waals surface area contributed by atoms with Gasteiger partial charge in [0.05, 0.1) is 16.2 Å². The third-order valence-corrected chi connectivity index (χ3v) is 2.60. The van der Waals surface area contributed by atoms with Crippen LogP contribution in [0.5, 0.6) is 0 Å². The molecular formula is C12H6ClFN4O2. The van der Waals surface area contributed by atoms with Gasteiger partial charge in [-0.15, -0.1) is 0 Å². The van der Waals surface area contributed by atoms with Crippen molar-refractivity contribution < 1.29 is 9.31 Å². The second-order valence-corrected chi connectivity index (χ2v) is 4.07. The Bertz CT molecular complexity index is 730. The monoisotopic (exact) mass is 292 g/mol. The molecule has 0 aliphatic carbocycles. The Hall–Kier alpha value is -2.72. The van der Waals surface area contributed by atoms with Gasteiger partial charge >= 0.3 is 5.69 Å².